The van der Waals surface area contributed by atoms with Crippen LogP contribution in [0.5, 0.6) is 5.88 Å². The fourth-order valence-electron chi connectivity index (χ4n) is 3.51. The first-order valence-corrected chi connectivity index (χ1v) is 7.63. The Morgan fingerprint density at radius 2 is 2.05 bits per heavy atom. The molecule has 0 spiro atoms. The zero-order chi connectivity index (χ0) is 14.3. The quantitative estimate of drug-likeness (QED) is 0.887. The van der Waals surface area contributed by atoms with Gasteiger partial charge in [-0.2, -0.15) is 4.98 Å². The van der Waals surface area contributed by atoms with Crippen molar-refractivity contribution in [2.75, 3.05) is 11.1 Å². The lowest BCUT2D eigenvalue weighted by Crippen LogP contribution is -2.27. The van der Waals surface area contributed by atoms with Crippen LogP contribution in [0.3, 0.4) is 0 Å². The summed E-state index contributed by atoms with van der Waals surface area (Å²) in [5.74, 6) is 3.17. The van der Waals surface area contributed by atoms with Gasteiger partial charge in [0.05, 0.1) is 5.69 Å². The van der Waals surface area contributed by atoms with Crippen molar-refractivity contribution < 1.29 is 4.74 Å². The van der Waals surface area contributed by atoms with Gasteiger partial charge in [0.2, 0.25) is 5.88 Å². The number of hydrogen-bond donors (Lipinski definition) is 2. The predicted molar refractivity (Wildman–Crippen MR) is 81.9 cm³/mol. The second-order valence-corrected chi connectivity index (χ2v) is 7.23. The van der Waals surface area contributed by atoms with E-state index in [1.165, 1.54) is 25.7 Å². The third-order valence-electron chi connectivity index (χ3n) is 4.36. The second kappa shape index (κ2) is 4.83. The van der Waals surface area contributed by atoms with Crippen LogP contribution in [0.15, 0.2) is 12.1 Å². The molecule has 0 radical (unpaired) electrons. The molecule has 4 nitrogen and oxygen atoms in total. The molecule has 1 heterocycles. The molecule has 2 aliphatic carbocycles. The van der Waals surface area contributed by atoms with E-state index in [4.69, 9.17) is 10.5 Å². The summed E-state index contributed by atoms with van der Waals surface area (Å²) in [6.07, 6.45) is 5.45. The average Bonchev–Trinajstić information content (AvgIpc) is 2.93. The van der Waals surface area contributed by atoms with Crippen molar-refractivity contribution in [2.45, 2.75) is 58.1 Å². The summed E-state index contributed by atoms with van der Waals surface area (Å²) in [4.78, 5) is 4.55. The molecule has 2 aliphatic rings. The Labute approximate surface area is 121 Å². The molecule has 2 bridgehead atoms. The molecule has 0 saturated heterocycles. The minimum Gasteiger partial charge on any atom is -0.470 e. The fourth-order valence-corrected chi connectivity index (χ4v) is 3.51. The monoisotopic (exact) mass is 275 g/mol. The number of nitrogens with zero attached hydrogens (tertiary/aromatic N) is 1. The van der Waals surface area contributed by atoms with Crippen molar-refractivity contribution in [3.05, 3.63) is 12.1 Å². The summed E-state index contributed by atoms with van der Waals surface area (Å²) < 4.78 is 5.82. The van der Waals surface area contributed by atoms with E-state index in [9.17, 15) is 0 Å². The minimum atomic E-state index is -0.286. The summed E-state index contributed by atoms with van der Waals surface area (Å²) in [5, 5.41) is 3.58. The first-order valence-electron chi connectivity index (χ1n) is 7.63. The highest BCUT2D eigenvalue weighted by molar-refractivity contribution is 5.54. The smallest absolute Gasteiger partial charge is 0.239 e. The Bertz CT molecular complexity index is 495. The van der Waals surface area contributed by atoms with Crippen LogP contribution in [0.2, 0.25) is 0 Å². The van der Waals surface area contributed by atoms with Crippen molar-refractivity contribution in [2.24, 2.45) is 11.8 Å². The standard InChI is InChI=1S/C16H25N3O/c1-16(2,3)20-15-12(17)6-7-14(19-15)18-13-9-10-4-5-11(13)8-10/h6-7,10-11,13H,4-5,8-9,17H2,1-3H3,(H,18,19). The van der Waals surface area contributed by atoms with E-state index >= 15 is 0 Å². The largest absolute Gasteiger partial charge is 0.470 e. The van der Waals surface area contributed by atoms with Crippen LogP contribution >= 0.6 is 0 Å². The molecule has 3 unspecified atom stereocenters. The SMILES string of the molecule is CC(C)(C)Oc1nc(NC2CC3CCC2C3)ccc1N. The Balaban J connectivity index is 1.72. The molecule has 3 rings (SSSR count). The van der Waals surface area contributed by atoms with Gasteiger partial charge in [0.1, 0.15) is 11.4 Å². The van der Waals surface area contributed by atoms with Gasteiger partial charge in [0, 0.05) is 6.04 Å². The van der Waals surface area contributed by atoms with E-state index in [-0.39, 0.29) is 5.60 Å². The normalized spacial score (nSPS) is 28.6. The number of pyridine rings is 1. The number of fused-ring (bicyclic) bond motifs is 2. The summed E-state index contributed by atoms with van der Waals surface area (Å²) >= 11 is 0. The molecule has 1 aromatic rings. The molecular formula is C16H25N3O. The van der Waals surface area contributed by atoms with Gasteiger partial charge in [-0.3, -0.25) is 0 Å². The third-order valence-corrected chi connectivity index (χ3v) is 4.36. The maximum Gasteiger partial charge on any atom is 0.239 e. The first-order chi connectivity index (χ1) is 9.40. The lowest BCUT2D eigenvalue weighted by molar-refractivity contribution is 0.125. The van der Waals surface area contributed by atoms with E-state index in [2.05, 4.69) is 10.3 Å². The van der Waals surface area contributed by atoms with E-state index in [0.29, 0.717) is 17.6 Å². The number of ether oxygens (including phenoxy) is 1. The van der Waals surface area contributed by atoms with Crippen LogP contribution < -0.4 is 15.8 Å². The summed E-state index contributed by atoms with van der Waals surface area (Å²) in [6, 6.07) is 4.41. The minimum absolute atomic E-state index is 0.286. The topological polar surface area (TPSA) is 60.2 Å². The highest BCUT2D eigenvalue weighted by Crippen LogP contribution is 2.45. The van der Waals surface area contributed by atoms with Crippen LogP contribution in [0, 0.1) is 11.8 Å². The van der Waals surface area contributed by atoms with E-state index < -0.39 is 0 Å². The van der Waals surface area contributed by atoms with Gasteiger partial charge in [-0.25, -0.2) is 0 Å². The van der Waals surface area contributed by atoms with Gasteiger partial charge in [0.15, 0.2) is 0 Å². The molecule has 110 valence electrons. The molecule has 0 aromatic carbocycles. The van der Waals surface area contributed by atoms with E-state index in [1.807, 2.05) is 32.9 Å². The van der Waals surface area contributed by atoms with Crippen LogP contribution in [-0.4, -0.2) is 16.6 Å². The van der Waals surface area contributed by atoms with Gasteiger partial charge in [0.25, 0.3) is 0 Å². The maximum atomic E-state index is 5.95. The Morgan fingerprint density at radius 1 is 1.25 bits per heavy atom. The predicted octanol–water partition coefficient (Wildman–Crippen LogP) is 3.44. The fraction of sp³-hybridized carbons (Fsp3) is 0.688. The lowest BCUT2D eigenvalue weighted by atomic mass is 9.95. The van der Waals surface area contributed by atoms with Crippen LogP contribution in [0.25, 0.3) is 0 Å². The van der Waals surface area contributed by atoms with Crippen molar-refractivity contribution in [3.63, 3.8) is 0 Å². The van der Waals surface area contributed by atoms with Gasteiger partial charge < -0.3 is 15.8 Å². The van der Waals surface area contributed by atoms with Crippen molar-refractivity contribution in [1.29, 1.82) is 0 Å². The second-order valence-electron chi connectivity index (χ2n) is 7.23. The Morgan fingerprint density at radius 3 is 2.65 bits per heavy atom. The maximum absolute atomic E-state index is 5.95. The van der Waals surface area contributed by atoms with Gasteiger partial charge in [-0.05, 0) is 64.0 Å². The van der Waals surface area contributed by atoms with Crippen molar-refractivity contribution in [1.82, 2.24) is 4.98 Å². The van der Waals surface area contributed by atoms with Gasteiger partial charge in [-0.15, -0.1) is 0 Å². The number of rotatable bonds is 3. The van der Waals surface area contributed by atoms with Gasteiger partial charge >= 0.3 is 0 Å². The number of nitrogen functional groups attached to an aromatic ring is 1. The molecule has 2 fully saturated rings. The number of anilines is 2. The molecule has 3 N–H and O–H groups in total. The molecule has 20 heavy (non-hydrogen) atoms. The highest BCUT2D eigenvalue weighted by Gasteiger charge is 2.39. The molecule has 3 atom stereocenters. The van der Waals surface area contributed by atoms with Crippen LogP contribution in [-0.2, 0) is 0 Å². The summed E-state index contributed by atoms with van der Waals surface area (Å²) in [6.45, 7) is 6.01. The highest BCUT2D eigenvalue weighted by atomic mass is 16.5. The van der Waals surface area contributed by atoms with Crippen molar-refractivity contribution >= 4 is 11.5 Å². The number of hydrogen-bond acceptors (Lipinski definition) is 4. The third kappa shape index (κ3) is 2.84. The van der Waals surface area contributed by atoms with Gasteiger partial charge in [-0.1, -0.05) is 6.42 Å². The number of aromatic nitrogens is 1. The molecule has 0 aliphatic heterocycles. The Hall–Kier alpha value is -1.45. The molecule has 1 aromatic heterocycles. The zero-order valence-corrected chi connectivity index (χ0v) is 12.6. The van der Waals surface area contributed by atoms with E-state index in [1.54, 1.807) is 0 Å². The molecular weight excluding hydrogens is 250 g/mol. The molecule has 2 saturated carbocycles. The van der Waals surface area contributed by atoms with Crippen LogP contribution in [0.4, 0.5) is 11.5 Å². The van der Waals surface area contributed by atoms with E-state index in [0.717, 1.165) is 17.7 Å². The van der Waals surface area contributed by atoms with Crippen molar-refractivity contribution in [3.8, 4) is 5.88 Å². The average molecular weight is 275 g/mol. The molecule has 0 amide bonds. The van der Waals surface area contributed by atoms with Crippen LogP contribution in [0.1, 0.15) is 46.5 Å². The zero-order valence-electron chi connectivity index (χ0n) is 12.6. The number of nitrogens with two attached hydrogens (primary N) is 1. The first kappa shape index (κ1) is 13.5. The Kier molecular flexibility index (Phi) is 3.27. The lowest BCUT2D eigenvalue weighted by Gasteiger charge is -2.25. The number of nitrogens with one attached hydrogen (secondary N) is 1. The summed E-state index contributed by atoms with van der Waals surface area (Å²) in [5.41, 5.74) is 6.26. The molecule has 4 heteroatoms. The summed E-state index contributed by atoms with van der Waals surface area (Å²) in [7, 11) is 0.